The van der Waals surface area contributed by atoms with Gasteiger partial charge in [-0.1, -0.05) is 15.9 Å². The van der Waals surface area contributed by atoms with Gasteiger partial charge < -0.3 is 10.5 Å². The SMILES string of the molecule is COc1cc([N+](=O)[O-])c(C(=O)CBr)cc1N. The van der Waals surface area contributed by atoms with Crippen LogP contribution < -0.4 is 10.5 Å². The molecule has 86 valence electrons. The number of Topliss-reactive ketones (excluding diaryl/α,β-unsaturated/α-hetero) is 1. The number of nitrogen functional groups attached to an aromatic ring is 1. The van der Waals surface area contributed by atoms with E-state index in [1.54, 1.807) is 0 Å². The second-order valence-corrected chi connectivity index (χ2v) is 3.49. The fraction of sp³-hybridized carbons (Fsp3) is 0.222. The lowest BCUT2D eigenvalue weighted by molar-refractivity contribution is -0.385. The maximum Gasteiger partial charge on any atom is 0.284 e. The van der Waals surface area contributed by atoms with Crippen molar-refractivity contribution >= 4 is 33.1 Å². The van der Waals surface area contributed by atoms with Crippen molar-refractivity contribution in [1.82, 2.24) is 0 Å². The molecule has 0 spiro atoms. The van der Waals surface area contributed by atoms with Crippen LogP contribution in [-0.4, -0.2) is 23.1 Å². The molecule has 16 heavy (non-hydrogen) atoms. The molecule has 0 amide bonds. The predicted molar refractivity (Wildman–Crippen MR) is 62.2 cm³/mol. The molecule has 1 aromatic carbocycles. The smallest absolute Gasteiger partial charge is 0.284 e. The summed E-state index contributed by atoms with van der Waals surface area (Å²) in [6.07, 6.45) is 0. The third-order valence-electron chi connectivity index (χ3n) is 1.97. The molecule has 6 nitrogen and oxygen atoms in total. The number of anilines is 1. The molecule has 1 rings (SSSR count). The molecule has 0 unspecified atom stereocenters. The van der Waals surface area contributed by atoms with E-state index in [0.29, 0.717) is 0 Å². The zero-order chi connectivity index (χ0) is 12.3. The van der Waals surface area contributed by atoms with Crippen LogP contribution >= 0.6 is 15.9 Å². The molecular weight excluding hydrogens is 280 g/mol. The van der Waals surface area contributed by atoms with Crippen LogP contribution in [-0.2, 0) is 0 Å². The number of alkyl halides is 1. The summed E-state index contributed by atoms with van der Waals surface area (Å²) < 4.78 is 4.85. The molecule has 0 bridgehead atoms. The largest absolute Gasteiger partial charge is 0.494 e. The first kappa shape index (κ1) is 12.4. The zero-order valence-electron chi connectivity index (χ0n) is 8.40. The molecule has 0 saturated heterocycles. The summed E-state index contributed by atoms with van der Waals surface area (Å²) in [5, 5.41) is 10.8. The van der Waals surface area contributed by atoms with Gasteiger partial charge in [-0.2, -0.15) is 0 Å². The van der Waals surface area contributed by atoms with E-state index >= 15 is 0 Å². The molecule has 0 saturated carbocycles. The van der Waals surface area contributed by atoms with Gasteiger partial charge in [0.05, 0.1) is 34.7 Å². The first-order valence-corrected chi connectivity index (χ1v) is 5.34. The zero-order valence-corrected chi connectivity index (χ0v) is 9.98. The fourth-order valence-electron chi connectivity index (χ4n) is 1.21. The quantitative estimate of drug-likeness (QED) is 0.299. The lowest BCUT2D eigenvalue weighted by atomic mass is 10.1. The Balaban J connectivity index is 3.42. The van der Waals surface area contributed by atoms with Crippen molar-refractivity contribution in [3.63, 3.8) is 0 Å². The molecular formula is C9H9BrN2O4. The van der Waals surface area contributed by atoms with Crippen LogP contribution in [0.2, 0.25) is 0 Å². The summed E-state index contributed by atoms with van der Waals surface area (Å²) in [7, 11) is 1.35. The molecule has 0 atom stereocenters. The van der Waals surface area contributed by atoms with Crippen LogP contribution in [0.3, 0.4) is 0 Å². The summed E-state index contributed by atoms with van der Waals surface area (Å²) in [6, 6.07) is 2.39. The third kappa shape index (κ3) is 2.30. The number of ether oxygens (including phenoxy) is 1. The number of hydrogen-bond acceptors (Lipinski definition) is 5. The van der Waals surface area contributed by atoms with Crippen molar-refractivity contribution in [2.45, 2.75) is 0 Å². The highest BCUT2D eigenvalue weighted by Gasteiger charge is 2.22. The molecule has 1 aromatic rings. The molecule has 0 aliphatic rings. The number of methoxy groups -OCH3 is 1. The molecule has 0 aliphatic heterocycles. The van der Waals surface area contributed by atoms with Crippen molar-refractivity contribution in [3.8, 4) is 5.75 Å². The standard InChI is InChI=1S/C9H9BrN2O4/c1-16-9-3-7(12(14)15)5(2-6(9)11)8(13)4-10/h2-3H,4,11H2,1H3. The summed E-state index contributed by atoms with van der Waals surface area (Å²) in [6.45, 7) is 0. The van der Waals surface area contributed by atoms with Crippen molar-refractivity contribution in [2.24, 2.45) is 0 Å². The average Bonchev–Trinajstić information content (AvgIpc) is 2.27. The van der Waals surface area contributed by atoms with Crippen molar-refractivity contribution in [2.75, 3.05) is 18.2 Å². The Kier molecular flexibility index (Phi) is 3.83. The topological polar surface area (TPSA) is 95.5 Å². The first-order chi connectivity index (χ1) is 7.51. The molecule has 0 fully saturated rings. The summed E-state index contributed by atoms with van der Waals surface area (Å²) in [5.41, 5.74) is 5.43. The van der Waals surface area contributed by atoms with E-state index in [9.17, 15) is 14.9 Å². The highest BCUT2D eigenvalue weighted by atomic mass is 79.9. The Bertz CT molecular complexity index is 447. The lowest BCUT2D eigenvalue weighted by Gasteiger charge is -2.06. The Hall–Kier alpha value is -1.63. The summed E-state index contributed by atoms with van der Waals surface area (Å²) in [4.78, 5) is 21.6. The van der Waals surface area contributed by atoms with E-state index in [2.05, 4.69) is 15.9 Å². The van der Waals surface area contributed by atoms with Crippen LogP contribution in [0, 0.1) is 10.1 Å². The van der Waals surface area contributed by atoms with Gasteiger partial charge >= 0.3 is 0 Å². The van der Waals surface area contributed by atoms with Crippen LogP contribution in [0.5, 0.6) is 5.75 Å². The van der Waals surface area contributed by atoms with Gasteiger partial charge in [-0.05, 0) is 6.07 Å². The molecule has 0 aliphatic carbocycles. The Labute approximate surface area is 99.7 Å². The van der Waals surface area contributed by atoms with Crippen LogP contribution in [0.15, 0.2) is 12.1 Å². The van der Waals surface area contributed by atoms with Gasteiger partial charge in [-0.15, -0.1) is 0 Å². The van der Waals surface area contributed by atoms with E-state index in [4.69, 9.17) is 10.5 Å². The number of rotatable bonds is 4. The number of ketones is 1. The van der Waals surface area contributed by atoms with Gasteiger partial charge in [0, 0.05) is 0 Å². The van der Waals surface area contributed by atoms with Crippen molar-refractivity contribution < 1.29 is 14.5 Å². The monoisotopic (exact) mass is 288 g/mol. The number of carbonyl (C=O) groups excluding carboxylic acids is 1. The van der Waals surface area contributed by atoms with Crippen LogP contribution in [0.1, 0.15) is 10.4 Å². The van der Waals surface area contributed by atoms with Crippen LogP contribution in [0.25, 0.3) is 0 Å². The van der Waals surface area contributed by atoms with E-state index in [1.165, 1.54) is 13.2 Å². The average molecular weight is 289 g/mol. The van der Waals surface area contributed by atoms with Crippen LogP contribution in [0.4, 0.5) is 11.4 Å². The van der Waals surface area contributed by atoms with E-state index in [0.717, 1.165) is 6.07 Å². The minimum atomic E-state index is -0.641. The van der Waals surface area contributed by atoms with E-state index in [-0.39, 0.29) is 28.0 Å². The molecule has 0 radical (unpaired) electrons. The Morgan fingerprint density at radius 1 is 1.62 bits per heavy atom. The fourth-order valence-corrected chi connectivity index (χ4v) is 1.51. The van der Waals surface area contributed by atoms with E-state index in [1.807, 2.05) is 0 Å². The van der Waals surface area contributed by atoms with Gasteiger partial charge in [0.1, 0.15) is 5.75 Å². The first-order valence-electron chi connectivity index (χ1n) is 4.22. The normalized spacial score (nSPS) is 9.88. The number of nitrogens with zero attached hydrogens (tertiary/aromatic N) is 1. The highest BCUT2D eigenvalue weighted by Crippen LogP contribution is 2.31. The minimum Gasteiger partial charge on any atom is -0.494 e. The summed E-state index contributed by atoms with van der Waals surface area (Å²) in [5.74, 6) is -0.223. The highest BCUT2D eigenvalue weighted by molar-refractivity contribution is 9.09. The number of carbonyl (C=O) groups is 1. The second-order valence-electron chi connectivity index (χ2n) is 2.93. The second kappa shape index (κ2) is 4.93. The number of hydrogen-bond donors (Lipinski definition) is 1. The van der Waals surface area contributed by atoms with Gasteiger partial charge in [-0.3, -0.25) is 14.9 Å². The maximum absolute atomic E-state index is 11.4. The molecule has 0 aromatic heterocycles. The number of benzene rings is 1. The summed E-state index contributed by atoms with van der Waals surface area (Å²) >= 11 is 2.95. The van der Waals surface area contributed by atoms with E-state index < -0.39 is 10.7 Å². The van der Waals surface area contributed by atoms with Gasteiger partial charge in [0.25, 0.3) is 5.69 Å². The third-order valence-corrected chi connectivity index (χ3v) is 2.48. The number of nitro benzene ring substituents is 1. The maximum atomic E-state index is 11.4. The number of nitrogens with two attached hydrogens (primary N) is 1. The molecule has 7 heteroatoms. The minimum absolute atomic E-state index is 0.000388. The van der Waals surface area contributed by atoms with Gasteiger partial charge in [0.2, 0.25) is 0 Å². The van der Waals surface area contributed by atoms with Gasteiger partial charge in [-0.25, -0.2) is 0 Å². The molecule has 0 heterocycles. The lowest BCUT2D eigenvalue weighted by Crippen LogP contribution is -2.07. The predicted octanol–water partition coefficient (Wildman–Crippen LogP) is 1.76. The van der Waals surface area contributed by atoms with Gasteiger partial charge in [0.15, 0.2) is 5.78 Å². The Morgan fingerprint density at radius 3 is 2.69 bits per heavy atom. The Morgan fingerprint density at radius 2 is 2.25 bits per heavy atom. The number of halogens is 1. The number of nitro groups is 1. The van der Waals surface area contributed by atoms with Crippen molar-refractivity contribution in [1.29, 1.82) is 0 Å². The van der Waals surface area contributed by atoms with Crippen molar-refractivity contribution in [3.05, 3.63) is 27.8 Å². The molecule has 2 N–H and O–H groups in total.